The number of furan rings is 1. The quantitative estimate of drug-likeness (QED) is 0.283. The number of thioether (sulfide) groups is 1. The van der Waals surface area contributed by atoms with Crippen molar-refractivity contribution in [2.24, 2.45) is 0 Å². The summed E-state index contributed by atoms with van der Waals surface area (Å²) < 4.78 is 29.0. The maximum atomic E-state index is 12.5. The van der Waals surface area contributed by atoms with Gasteiger partial charge < -0.3 is 29.4 Å². The first kappa shape index (κ1) is 22.5. The van der Waals surface area contributed by atoms with Crippen LogP contribution in [-0.4, -0.2) is 55.4 Å². The number of anilines is 1. The number of nitrogens with zero attached hydrogens (tertiary/aromatic N) is 3. The number of aliphatic hydroxyl groups excluding tert-OH is 2. The largest absolute Gasteiger partial charge is 0.433 e. The average Bonchev–Trinajstić information content (AvgIpc) is 3.26. The Hall–Kier alpha value is -2.22. The molecular weight excluding hydrogens is 443 g/mol. The van der Waals surface area contributed by atoms with Crippen LogP contribution in [0.15, 0.2) is 33.6 Å². The van der Waals surface area contributed by atoms with E-state index in [0.717, 1.165) is 22.4 Å². The van der Waals surface area contributed by atoms with Crippen LogP contribution < -0.4 is 11.4 Å². The van der Waals surface area contributed by atoms with Gasteiger partial charge in [-0.15, -0.1) is 11.8 Å². The van der Waals surface area contributed by atoms with Crippen LogP contribution in [0, 0.1) is 10.1 Å². The average molecular weight is 462 g/mol. The van der Waals surface area contributed by atoms with Gasteiger partial charge in [0.1, 0.15) is 34.6 Å². The molecule has 5 atom stereocenters. The smallest absolute Gasteiger partial charge is 0.403 e. The summed E-state index contributed by atoms with van der Waals surface area (Å²) in [5, 5.41) is 29.6. The van der Waals surface area contributed by atoms with Crippen molar-refractivity contribution in [3.63, 3.8) is 0 Å². The molecule has 0 amide bonds. The van der Waals surface area contributed by atoms with Gasteiger partial charge in [-0.3, -0.25) is 19.2 Å². The number of nitrogen functional groups attached to an aromatic ring is 1. The molecule has 15 heteroatoms. The molecule has 2 aromatic rings. The molecule has 1 saturated heterocycles. The molecule has 1 unspecified atom stereocenters. The van der Waals surface area contributed by atoms with Crippen molar-refractivity contribution >= 4 is 31.1 Å². The van der Waals surface area contributed by atoms with Crippen molar-refractivity contribution in [1.82, 2.24) is 9.55 Å². The van der Waals surface area contributed by atoms with E-state index in [2.05, 4.69) is 4.98 Å². The van der Waals surface area contributed by atoms with Crippen LogP contribution in [0.3, 0.4) is 0 Å². The highest BCUT2D eigenvalue weighted by molar-refractivity contribution is 8.00. The molecule has 0 spiro atoms. The van der Waals surface area contributed by atoms with Gasteiger partial charge in [0.2, 0.25) is 0 Å². The Bertz CT molecular complexity index is 1030. The summed E-state index contributed by atoms with van der Waals surface area (Å²) in [6.07, 6.45) is -1.21. The fourth-order valence-corrected chi connectivity index (χ4v) is 5.09. The Labute approximate surface area is 173 Å². The summed E-state index contributed by atoms with van der Waals surface area (Å²) in [6.45, 7) is 0.626. The first-order valence-electron chi connectivity index (χ1n) is 8.53. The first-order valence-corrected chi connectivity index (χ1v) is 11.5. The van der Waals surface area contributed by atoms with Gasteiger partial charge in [0.05, 0.1) is 24.0 Å². The molecule has 30 heavy (non-hydrogen) atoms. The van der Waals surface area contributed by atoms with Crippen molar-refractivity contribution < 1.29 is 33.2 Å². The monoisotopic (exact) mass is 462 g/mol. The zero-order chi connectivity index (χ0) is 22.1. The molecule has 1 fully saturated rings. The van der Waals surface area contributed by atoms with Crippen LogP contribution in [0.1, 0.15) is 11.1 Å². The van der Waals surface area contributed by atoms with Gasteiger partial charge in [0.15, 0.2) is 0 Å². The van der Waals surface area contributed by atoms with E-state index < -0.39 is 46.9 Å². The molecule has 164 valence electrons. The maximum Gasteiger partial charge on any atom is 0.433 e. The zero-order valence-corrected chi connectivity index (χ0v) is 17.3. The van der Waals surface area contributed by atoms with Crippen molar-refractivity contribution in [2.75, 3.05) is 19.0 Å². The summed E-state index contributed by atoms with van der Waals surface area (Å²) in [5.74, 6) is -0.355. The van der Waals surface area contributed by atoms with Gasteiger partial charge in [-0.1, -0.05) is 0 Å². The molecule has 3 heterocycles. The van der Waals surface area contributed by atoms with E-state index in [1.54, 1.807) is 0 Å². The van der Waals surface area contributed by atoms with E-state index >= 15 is 0 Å². The molecule has 0 aliphatic carbocycles. The second-order valence-electron chi connectivity index (χ2n) is 6.43. The summed E-state index contributed by atoms with van der Waals surface area (Å²) in [6, 6.07) is 3.84. The summed E-state index contributed by atoms with van der Waals surface area (Å²) in [5.41, 5.74) is 4.77. The number of hydrogen-bond donors (Lipinski definition) is 3. The van der Waals surface area contributed by atoms with Gasteiger partial charge in [-0.05, 0) is 12.1 Å². The lowest BCUT2D eigenvalue weighted by Gasteiger charge is -2.18. The predicted molar refractivity (Wildman–Crippen MR) is 105 cm³/mol. The van der Waals surface area contributed by atoms with Gasteiger partial charge in [-0.2, -0.15) is 4.98 Å². The maximum absolute atomic E-state index is 12.5. The molecule has 0 aromatic carbocycles. The molecule has 0 saturated carbocycles. The van der Waals surface area contributed by atoms with Crippen molar-refractivity contribution in [2.45, 2.75) is 29.4 Å². The molecule has 3 rings (SSSR count). The Balaban J connectivity index is 1.58. The predicted octanol–water partition coefficient (Wildman–Crippen LogP) is 0.719. The van der Waals surface area contributed by atoms with Gasteiger partial charge in [0.25, 0.3) is 0 Å². The van der Waals surface area contributed by atoms with E-state index in [1.165, 1.54) is 25.0 Å². The highest BCUT2D eigenvalue weighted by Gasteiger charge is 2.44. The zero-order valence-electron chi connectivity index (χ0n) is 15.6. The second-order valence-corrected chi connectivity index (χ2v) is 9.85. The topological polar surface area (TPSA) is 193 Å². The van der Waals surface area contributed by atoms with Crippen molar-refractivity contribution in [3.8, 4) is 0 Å². The van der Waals surface area contributed by atoms with Crippen LogP contribution in [0.5, 0.6) is 0 Å². The Kier molecular flexibility index (Phi) is 6.65. The third-order valence-electron chi connectivity index (χ3n) is 4.20. The van der Waals surface area contributed by atoms with E-state index in [9.17, 15) is 29.7 Å². The second kappa shape index (κ2) is 8.88. The van der Waals surface area contributed by atoms with Crippen LogP contribution in [0.25, 0.3) is 0 Å². The Morgan fingerprint density at radius 1 is 1.37 bits per heavy atom. The highest BCUT2D eigenvalue weighted by atomic mass is 32.2. The van der Waals surface area contributed by atoms with E-state index in [-0.39, 0.29) is 24.8 Å². The number of aromatic nitrogens is 2. The molecule has 1 aliphatic heterocycles. The molecule has 0 bridgehead atoms. The number of hydrogen-bond acceptors (Lipinski definition) is 12. The normalized spacial score (nSPS) is 25.8. The van der Waals surface area contributed by atoms with Crippen LogP contribution >= 0.6 is 19.4 Å². The Morgan fingerprint density at radius 2 is 2.10 bits per heavy atom. The lowest BCUT2D eigenvalue weighted by atomic mass is 10.1. The molecule has 2 aromatic heterocycles. The Morgan fingerprint density at radius 3 is 2.73 bits per heavy atom. The summed E-state index contributed by atoms with van der Waals surface area (Å²) in [4.78, 5) is 25.5. The van der Waals surface area contributed by atoms with Crippen LogP contribution in [0.4, 0.5) is 11.7 Å². The number of nitrogens with two attached hydrogens (primary N) is 1. The van der Waals surface area contributed by atoms with Gasteiger partial charge >= 0.3 is 19.2 Å². The van der Waals surface area contributed by atoms with Gasteiger partial charge in [0, 0.05) is 12.9 Å². The fourth-order valence-electron chi connectivity index (χ4n) is 2.69. The summed E-state index contributed by atoms with van der Waals surface area (Å²) >= 11 is 1.05. The first-order chi connectivity index (χ1) is 14.1. The molecule has 13 nitrogen and oxygen atoms in total. The van der Waals surface area contributed by atoms with E-state index in [1.807, 2.05) is 0 Å². The lowest BCUT2D eigenvalue weighted by molar-refractivity contribution is -0.402. The van der Waals surface area contributed by atoms with Gasteiger partial charge in [-0.25, -0.2) is 4.79 Å². The van der Waals surface area contributed by atoms with Crippen LogP contribution in [0.2, 0.25) is 0 Å². The molecule has 0 radical (unpaired) electrons. The third kappa shape index (κ3) is 5.09. The third-order valence-corrected chi connectivity index (χ3v) is 6.97. The highest BCUT2D eigenvalue weighted by Crippen LogP contribution is 2.48. The fraction of sp³-hybridized carbons (Fsp3) is 0.467. The number of aliphatic hydroxyl groups is 2. The number of rotatable bonds is 8. The summed E-state index contributed by atoms with van der Waals surface area (Å²) in [7, 11) is -3.61. The minimum absolute atomic E-state index is 0.0279. The minimum Gasteiger partial charge on any atom is -0.403 e. The number of nitro groups is 1. The SMILES string of the molecule is CP(=O)(OCc1ccc([N+](=O)[O-])o1)OC[C@H]1S[C@@H](n2ccc(N)nc2=O)[C@@H](O)[C@@H]1O. The molecular formula is C15H19N4O9PS. The van der Waals surface area contributed by atoms with Crippen molar-refractivity contribution in [1.29, 1.82) is 0 Å². The molecule has 4 N–H and O–H groups in total. The molecule has 1 aliphatic rings. The van der Waals surface area contributed by atoms with E-state index in [0.29, 0.717) is 0 Å². The lowest BCUT2D eigenvalue weighted by Crippen LogP contribution is -2.36. The standard InChI is InChI=1S/C15H19N4O9PS/c1-29(25,26-6-8-2-3-11(28-8)19(23)24)27-7-9-12(20)13(21)14(30-9)18-5-4-10(16)17-15(18)22/h2-5,9,12-14,20-21H,6-7H2,1H3,(H2,16,17,22)/t9-,12-,13+,14-,29?/m1/s1. The van der Waals surface area contributed by atoms with Crippen molar-refractivity contribution in [3.05, 3.63) is 50.8 Å². The minimum atomic E-state index is -3.61. The van der Waals surface area contributed by atoms with E-state index in [4.69, 9.17) is 19.2 Å². The van der Waals surface area contributed by atoms with Crippen LogP contribution in [-0.2, 0) is 20.2 Å².